The molecule has 2 aromatic carbocycles. The molecule has 0 bridgehead atoms. The molecule has 2 aromatic heterocycles. The summed E-state index contributed by atoms with van der Waals surface area (Å²) in [5, 5.41) is 15.1. The maximum Gasteiger partial charge on any atom is 0.433 e. The Labute approximate surface area is 228 Å². The van der Waals surface area contributed by atoms with E-state index in [0.717, 1.165) is 6.08 Å². The molecule has 0 amide bonds. The Balaban J connectivity index is 1.83. The van der Waals surface area contributed by atoms with Gasteiger partial charge in [0.15, 0.2) is 0 Å². The van der Waals surface area contributed by atoms with E-state index < -0.39 is 47.0 Å². The van der Waals surface area contributed by atoms with Crippen LogP contribution in [-0.4, -0.2) is 26.3 Å². The number of fused-ring (bicyclic) bond motifs is 1. The predicted octanol–water partition coefficient (Wildman–Crippen LogP) is 7.99. The number of rotatable bonds is 6. The topological polar surface area (TPSA) is 78.9 Å². The molecule has 1 saturated carbocycles. The zero-order valence-electron chi connectivity index (χ0n) is 20.9. The van der Waals surface area contributed by atoms with Gasteiger partial charge < -0.3 is 5.11 Å². The summed E-state index contributed by atoms with van der Waals surface area (Å²) in [6.45, 7) is 0. The van der Waals surface area contributed by atoms with Crippen LogP contribution < -0.4 is 0 Å². The fourth-order valence-corrected chi connectivity index (χ4v) is 4.86. The van der Waals surface area contributed by atoms with Crippen molar-refractivity contribution in [1.82, 2.24) is 15.2 Å². The highest BCUT2D eigenvalue weighted by Gasteiger charge is 2.41. The zero-order chi connectivity index (χ0) is 29.5. The van der Waals surface area contributed by atoms with Gasteiger partial charge in [0, 0.05) is 17.8 Å². The Morgan fingerprint density at radius 3 is 2.22 bits per heavy atom. The number of halogens is 7. The number of pyridine rings is 1. The molecule has 2 heterocycles. The summed E-state index contributed by atoms with van der Waals surface area (Å²) in [4.78, 5) is 14.3. The summed E-state index contributed by atoms with van der Waals surface area (Å²) >= 11 is 0. The standard InChI is InChI=1S/C29H20F7N3O2/c30-27-19-12-18(9-10-22(19)38-39-27)25(17-7-4-15(5-8-17)6-11-24(40)41)26(16-2-1-3-16)20-14-37-23(29(34,35)36)13-21(20)28(31,32)33/h4-14,16H,1-3H2,(H,38,39)(H,40,41). The van der Waals surface area contributed by atoms with Crippen LogP contribution in [-0.2, 0) is 17.1 Å². The van der Waals surface area contributed by atoms with Gasteiger partial charge in [0.2, 0.25) is 5.95 Å². The number of hydrogen-bond acceptors (Lipinski definition) is 3. The number of H-pyrrole nitrogens is 1. The molecule has 41 heavy (non-hydrogen) atoms. The van der Waals surface area contributed by atoms with Crippen LogP contribution in [0.5, 0.6) is 0 Å². The van der Waals surface area contributed by atoms with E-state index in [9.17, 15) is 35.5 Å². The van der Waals surface area contributed by atoms with E-state index in [0.29, 0.717) is 42.1 Å². The minimum absolute atomic E-state index is 0.0182. The molecular weight excluding hydrogens is 555 g/mol. The minimum Gasteiger partial charge on any atom is -0.478 e. The number of carboxylic acid groups (broad SMARTS) is 1. The van der Waals surface area contributed by atoms with Crippen molar-refractivity contribution in [2.45, 2.75) is 31.6 Å². The van der Waals surface area contributed by atoms with Gasteiger partial charge in [0.25, 0.3) is 0 Å². The second-order valence-electron chi connectivity index (χ2n) is 9.59. The van der Waals surface area contributed by atoms with E-state index in [4.69, 9.17) is 5.11 Å². The van der Waals surface area contributed by atoms with Gasteiger partial charge in [-0.25, -0.2) is 4.79 Å². The summed E-state index contributed by atoms with van der Waals surface area (Å²) in [6, 6.07) is 10.7. The highest BCUT2D eigenvalue weighted by Crippen LogP contribution is 2.49. The molecule has 212 valence electrons. The van der Waals surface area contributed by atoms with Crippen LogP contribution >= 0.6 is 0 Å². The van der Waals surface area contributed by atoms with E-state index in [-0.39, 0.29) is 28.1 Å². The fourth-order valence-electron chi connectivity index (χ4n) is 4.86. The summed E-state index contributed by atoms with van der Waals surface area (Å²) in [7, 11) is 0. The molecule has 0 atom stereocenters. The molecule has 1 fully saturated rings. The molecule has 0 aliphatic heterocycles. The van der Waals surface area contributed by atoms with Crippen molar-refractivity contribution in [1.29, 1.82) is 0 Å². The third-order valence-corrected chi connectivity index (χ3v) is 6.99. The van der Waals surface area contributed by atoms with Gasteiger partial charge in [-0.15, -0.1) is 0 Å². The van der Waals surface area contributed by atoms with E-state index in [2.05, 4.69) is 15.2 Å². The second-order valence-corrected chi connectivity index (χ2v) is 9.59. The van der Waals surface area contributed by atoms with Crippen molar-refractivity contribution >= 4 is 34.1 Å². The molecule has 0 unspecified atom stereocenters. The number of aromatic amines is 1. The third-order valence-electron chi connectivity index (χ3n) is 6.99. The van der Waals surface area contributed by atoms with E-state index in [1.54, 1.807) is 30.3 Å². The van der Waals surface area contributed by atoms with Crippen LogP contribution in [0.25, 0.3) is 28.1 Å². The maximum absolute atomic E-state index is 14.5. The molecule has 4 aromatic rings. The monoisotopic (exact) mass is 575 g/mol. The molecule has 2 N–H and O–H groups in total. The van der Waals surface area contributed by atoms with Crippen molar-refractivity contribution in [3.8, 4) is 0 Å². The lowest BCUT2D eigenvalue weighted by atomic mass is 9.72. The van der Waals surface area contributed by atoms with Gasteiger partial charge >= 0.3 is 18.3 Å². The Kier molecular flexibility index (Phi) is 7.18. The van der Waals surface area contributed by atoms with Crippen molar-refractivity contribution in [3.63, 3.8) is 0 Å². The number of allylic oxidation sites excluding steroid dienone is 1. The van der Waals surface area contributed by atoms with Crippen molar-refractivity contribution in [3.05, 3.63) is 100 Å². The minimum atomic E-state index is -5.13. The molecule has 5 rings (SSSR count). The molecule has 1 aliphatic carbocycles. The van der Waals surface area contributed by atoms with Crippen LogP contribution in [0.1, 0.15) is 52.8 Å². The highest BCUT2D eigenvalue weighted by atomic mass is 19.4. The lowest BCUT2D eigenvalue weighted by Crippen LogP contribution is -2.20. The van der Waals surface area contributed by atoms with Crippen molar-refractivity contribution < 1.29 is 40.6 Å². The summed E-state index contributed by atoms with van der Waals surface area (Å²) in [5.41, 5.74) is -1.75. The summed E-state index contributed by atoms with van der Waals surface area (Å²) in [5.74, 6) is -2.37. The second kappa shape index (κ2) is 10.5. The number of aromatic nitrogens is 3. The SMILES string of the molecule is O=C(O)C=Cc1ccc(C(=C(c2cnc(C(F)(F)F)cc2C(F)(F)F)C2CCC2)c2ccc3n[nH]c(F)c3c2)cc1. The average Bonchev–Trinajstić information content (AvgIpc) is 3.25. The molecule has 1 aliphatic rings. The smallest absolute Gasteiger partial charge is 0.433 e. The largest absolute Gasteiger partial charge is 0.478 e. The van der Waals surface area contributed by atoms with Gasteiger partial charge in [-0.05, 0) is 70.9 Å². The lowest BCUT2D eigenvalue weighted by molar-refractivity contribution is -0.145. The highest BCUT2D eigenvalue weighted by molar-refractivity contribution is 6.02. The number of hydrogen-bond donors (Lipinski definition) is 2. The Hall–Kier alpha value is -4.48. The number of alkyl halides is 6. The van der Waals surface area contributed by atoms with Gasteiger partial charge in [-0.3, -0.25) is 10.1 Å². The zero-order valence-corrected chi connectivity index (χ0v) is 20.9. The van der Waals surface area contributed by atoms with Gasteiger partial charge in [0.1, 0.15) is 5.69 Å². The van der Waals surface area contributed by atoms with E-state index in [1.807, 2.05) is 0 Å². The molecule has 5 nitrogen and oxygen atoms in total. The van der Waals surface area contributed by atoms with Gasteiger partial charge in [0.05, 0.1) is 16.5 Å². The normalized spacial score (nSPS) is 15.3. The maximum atomic E-state index is 14.5. The van der Waals surface area contributed by atoms with Gasteiger partial charge in [-0.2, -0.15) is 35.8 Å². The number of carbonyl (C=O) groups is 1. The third kappa shape index (κ3) is 5.72. The molecule has 12 heteroatoms. The Morgan fingerprint density at radius 1 is 0.951 bits per heavy atom. The average molecular weight is 575 g/mol. The number of aliphatic carboxylic acids is 1. The van der Waals surface area contributed by atoms with Crippen molar-refractivity contribution in [2.24, 2.45) is 5.92 Å². The molecular formula is C29H20F7N3O2. The van der Waals surface area contributed by atoms with Crippen LogP contribution in [0.2, 0.25) is 0 Å². The summed E-state index contributed by atoms with van der Waals surface area (Å²) < 4.78 is 97.6. The molecule has 0 radical (unpaired) electrons. The van der Waals surface area contributed by atoms with E-state index in [1.165, 1.54) is 18.2 Å². The van der Waals surface area contributed by atoms with Gasteiger partial charge in [-0.1, -0.05) is 36.8 Å². The first-order chi connectivity index (χ1) is 19.3. The Morgan fingerprint density at radius 2 is 1.63 bits per heavy atom. The number of carboxylic acids is 1. The lowest BCUT2D eigenvalue weighted by Gasteiger charge is -2.33. The van der Waals surface area contributed by atoms with Crippen LogP contribution in [0, 0.1) is 11.9 Å². The number of nitrogens with one attached hydrogen (secondary N) is 1. The summed E-state index contributed by atoms with van der Waals surface area (Å²) in [6.07, 6.45) is -5.69. The van der Waals surface area contributed by atoms with Crippen LogP contribution in [0.4, 0.5) is 30.7 Å². The Bertz CT molecular complexity index is 1680. The first-order valence-corrected chi connectivity index (χ1v) is 12.4. The molecule has 0 spiro atoms. The van der Waals surface area contributed by atoms with E-state index >= 15 is 0 Å². The van der Waals surface area contributed by atoms with Crippen LogP contribution in [0.15, 0.2) is 60.8 Å². The number of nitrogens with zero attached hydrogens (tertiary/aromatic N) is 2. The fraction of sp³-hybridized carbons (Fsp3) is 0.207. The van der Waals surface area contributed by atoms with Crippen LogP contribution in [0.3, 0.4) is 0 Å². The molecule has 0 saturated heterocycles. The quantitative estimate of drug-likeness (QED) is 0.180. The predicted molar refractivity (Wildman–Crippen MR) is 137 cm³/mol. The number of benzene rings is 2. The first kappa shape index (κ1) is 28.1. The van der Waals surface area contributed by atoms with Crippen molar-refractivity contribution in [2.75, 3.05) is 0 Å². The first-order valence-electron chi connectivity index (χ1n) is 12.4.